The topological polar surface area (TPSA) is 70.6 Å². The number of fused-ring (bicyclic) bond motifs is 3. The Morgan fingerprint density at radius 3 is 1.95 bits per heavy atom. The van der Waals surface area contributed by atoms with Crippen molar-refractivity contribution in [1.82, 2.24) is 9.96 Å². The van der Waals surface area contributed by atoms with Crippen LogP contribution >= 0.6 is 0 Å². The molecule has 210 valence electrons. The van der Waals surface area contributed by atoms with Gasteiger partial charge < -0.3 is 20.5 Å². The van der Waals surface area contributed by atoms with Gasteiger partial charge in [-0.15, -0.1) is 0 Å². The van der Waals surface area contributed by atoms with Crippen LogP contribution in [0.15, 0.2) is 140 Å². The van der Waals surface area contributed by atoms with Crippen LogP contribution in [0, 0.1) is 5.21 Å². The summed E-state index contributed by atoms with van der Waals surface area (Å²) < 4.78 is -0.501. The Labute approximate surface area is 246 Å². The molecule has 5 aromatic rings. The summed E-state index contributed by atoms with van der Waals surface area (Å²) in [6.45, 7) is 0.580. The predicted octanol–water partition coefficient (Wildman–Crippen LogP) is 7.55. The number of hydroxylamine groups is 1. The Kier molecular flexibility index (Phi) is 6.98. The number of piperidine rings is 1. The van der Waals surface area contributed by atoms with Gasteiger partial charge in [0.1, 0.15) is 17.4 Å². The maximum atomic E-state index is 15.1. The van der Waals surface area contributed by atoms with Crippen LogP contribution in [-0.2, 0) is 0 Å². The van der Waals surface area contributed by atoms with Crippen molar-refractivity contribution >= 4 is 28.4 Å². The normalized spacial score (nSPS) is 23.4. The highest BCUT2D eigenvalue weighted by Crippen LogP contribution is 2.54. The second kappa shape index (κ2) is 11.1. The summed E-state index contributed by atoms with van der Waals surface area (Å²) in [7, 11) is 0. The fourth-order valence-electron chi connectivity index (χ4n) is 6.75. The minimum absolute atomic E-state index is 0.0294. The summed E-state index contributed by atoms with van der Waals surface area (Å²) in [6.07, 6.45) is -0.000860. The number of aliphatic hydroxyl groups excluding tert-OH is 1. The first-order chi connectivity index (χ1) is 20.6. The first-order valence-corrected chi connectivity index (χ1v) is 14.5. The monoisotopic (exact) mass is 554 g/mol. The SMILES string of the molecule is [O-][N+]1(c2ccc(NC(O)c3ccccc3)cc2)c2ccccc2C2CC(N(c3ccccc3)c3ccccc3)NCC21. The number of hydrogen-bond donors (Lipinski definition) is 3. The molecule has 2 aliphatic heterocycles. The molecule has 0 radical (unpaired) electrons. The largest absolute Gasteiger partial charge is 0.622 e. The standard InChI is InChI=1S/C36H34N4O2/c41-36(26-12-4-1-5-13-26)38-27-20-22-30(23-21-27)40(42)33-19-11-10-18-31(33)32-24-35(37-25-34(32)40)39(28-14-6-2-7-15-28)29-16-8-3-9-17-29/h1-23,32,34-38,41H,24-25H2. The first-order valence-electron chi connectivity index (χ1n) is 14.5. The molecule has 3 N–H and O–H groups in total. The van der Waals surface area contributed by atoms with E-state index in [-0.39, 0.29) is 18.1 Å². The molecule has 0 amide bonds. The third-order valence-corrected chi connectivity index (χ3v) is 8.72. The molecule has 1 saturated heterocycles. The zero-order chi connectivity index (χ0) is 28.5. The van der Waals surface area contributed by atoms with Crippen LogP contribution in [0.1, 0.15) is 29.7 Å². The molecule has 7 rings (SSSR count). The zero-order valence-corrected chi connectivity index (χ0v) is 23.3. The van der Waals surface area contributed by atoms with E-state index in [1.807, 2.05) is 84.9 Å². The molecule has 0 saturated carbocycles. The number of anilines is 3. The van der Waals surface area contributed by atoms with Gasteiger partial charge in [-0.3, -0.25) is 9.96 Å². The minimum Gasteiger partial charge on any atom is -0.622 e. The van der Waals surface area contributed by atoms with Gasteiger partial charge in [0.05, 0.1) is 12.7 Å². The van der Waals surface area contributed by atoms with E-state index in [2.05, 4.69) is 70.1 Å². The summed E-state index contributed by atoms with van der Waals surface area (Å²) in [5.74, 6) is 0.0950. The van der Waals surface area contributed by atoms with E-state index in [9.17, 15) is 5.11 Å². The Balaban J connectivity index is 1.19. The lowest BCUT2D eigenvalue weighted by molar-refractivity contribution is 0.208. The number of quaternary nitrogens is 1. The molecule has 6 nitrogen and oxygen atoms in total. The Hall–Kier alpha value is -4.46. The highest BCUT2D eigenvalue weighted by molar-refractivity contribution is 5.71. The molecule has 0 bridgehead atoms. The number of benzene rings is 5. The molecule has 5 aromatic carbocycles. The smallest absolute Gasteiger partial charge is 0.150 e. The van der Waals surface area contributed by atoms with E-state index >= 15 is 5.21 Å². The molecule has 1 fully saturated rings. The van der Waals surface area contributed by atoms with Crippen molar-refractivity contribution in [3.05, 3.63) is 156 Å². The molecule has 5 unspecified atom stereocenters. The van der Waals surface area contributed by atoms with Crippen LogP contribution in [-0.4, -0.2) is 23.9 Å². The minimum atomic E-state index is -0.832. The van der Waals surface area contributed by atoms with Crippen molar-refractivity contribution in [2.24, 2.45) is 0 Å². The quantitative estimate of drug-likeness (QED) is 0.110. The maximum Gasteiger partial charge on any atom is 0.150 e. The van der Waals surface area contributed by atoms with Gasteiger partial charge in [-0.2, -0.15) is 0 Å². The number of nitrogens with zero attached hydrogens (tertiary/aromatic N) is 2. The van der Waals surface area contributed by atoms with Gasteiger partial charge in [0.2, 0.25) is 0 Å². The molecule has 0 spiro atoms. The van der Waals surface area contributed by atoms with Crippen LogP contribution in [0.5, 0.6) is 0 Å². The molecular formula is C36H34N4O2. The van der Waals surface area contributed by atoms with E-state index in [0.29, 0.717) is 12.2 Å². The van der Waals surface area contributed by atoms with Gasteiger partial charge >= 0.3 is 0 Å². The first kappa shape index (κ1) is 26.4. The van der Waals surface area contributed by atoms with Gasteiger partial charge in [-0.25, -0.2) is 0 Å². The fourth-order valence-corrected chi connectivity index (χ4v) is 6.75. The number of hydrogen-bond acceptors (Lipinski definition) is 5. The molecule has 2 heterocycles. The van der Waals surface area contributed by atoms with Crippen molar-refractivity contribution in [1.29, 1.82) is 0 Å². The van der Waals surface area contributed by atoms with Crippen molar-refractivity contribution in [2.45, 2.75) is 30.8 Å². The molecule has 5 atom stereocenters. The lowest BCUT2D eigenvalue weighted by Gasteiger charge is -2.48. The lowest BCUT2D eigenvalue weighted by Crippen LogP contribution is -2.59. The van der Waals surface area contributed by atoms with E-state index in [1.54, 1.807) is 0 Å². The van der Waals surface area contributed by atoms with E-state index in [1.165, 1.54) is 0 Å². The molecule has 0 aliphatic carbocycles. The van der Waals surface area contributed by atoms with Gasteiger partial charge in [-0.1, -0.05) is 84.9 Å². The number of nitrogens with one attached hydrogen (secondary N) is 2. The third kappa shape index (κ3) is 4.65. The number of rotatable bonds is 7. The molecule has 6 heteroatoms. The highest BCUT2D eigenvalue weighted by Gasteiger charge is 2.52. The molecule has 42 heavy (non-hydrogen) atoms. The summed E-state index contributed by atoms with van der Waals surface area (Å²) in [5, 5.41) is 32.6. The zero-order valence-electron chi connectivity index (χ0n) is 23.3. The van der Waals surface area contributed by atoms with Crippen LogP contribution in [0.2, 0.25) is 0 Å². The van der Waals surface area contributed by atoms with Crippen molar-refractivity contribution < 1.29 is 5.11 Å². The summed E-state index contributed by atoms with van der Waals surface area (Å²) >= 11 is 0. The predicted molar refractivity (Wildman–Crippen MR) is 171 cm³/mol. The average molecular weight is 555 g/mol. The third-order valence-electron chi connectivity index (χ3n) is 8.72. The van der Waals surface area contributed by atoms with E-state index in [0.717, 1.165) is 40.3 Å². The highest BCUT2D eigenvalue weighted by atomic mass is 16.6. The summed E-state index contributed by atoms with van der Waals surface area (Å²) in [5.41, 5.74) is 6.42. The van der Waals surface area contributed by atoms with Gasteiger partial charge in [0.15, 0.2) is 6.23 Å². The lowest BCUT2D eigenvalue weighted by atomic mass is 9.86. The van der Waals surface area contributed by atoms with E-state index < -0.39 is 10.9 Å². The Bertz CT molecular complexity index is 1590. The van der Waals surface area contributed by atoms with Gasteiger partial charge in [0, 0.05) is 52.3 Å². The van der Waals surface area contributed by atoms with Crippen LogP contribution < -0.4 is 20.2 Å². The van der Waals surface area contributed by atoms with Gasteiger partial charge in [0.25, 0.3) is 0 Å². The maximum absolute atomic E-state index is 15.1. The molecule has 0 aromatic heterocycles. The average Bonchev–Trinajstić information content (AvgIpc) is 3.31. The van der Waals surface area contributed by atoms with Crippen LogP contribution in [0.4, 0.5) is 28.4 Å². The van der Waals surface area contributed by atoms with Gasteiger partial charge in [-0.05, 0) is 42.8 Å². The Morgan fingerprint density at radius 1 is 0.738 bits per heavy atom. The van der Waals surface area contributed by atoms with Crippen LogP contribution in [0.3, 0.4) is 0 Å². The fraction of sp³-hybridized carbons (Fsp3) is 0.167. The molecular weight excluding hydrogens is 520 g/mol. The number of para-hydroxylation sites is 3. The van der Waals surface area contributed by atoms with Crippen molar-refractivity contribution in [3.8, 4) is 0 Å². The van der Waals surface area contributed by atoms with Crippen LogP contribution in [0.25, 0.3) is 0 Å². The number of aliphatic hydroxyl groups is 1. The van der Waals surface area contributed by atoms with Crippen molar-refractivity contribution in [2.75, 3.05) is 16.8 Å². The Morgan fingerprint density at radius 2 is 1.31 bits per heavy atom. The summed E-state index contributed by atoms with van der Waals surface area (Å²) in [6, 6.07) is 45.9. The second-order valence-electron chi connectivity index (χ2n) is 11.1. The van der Waals surface area contributed by atoms with Crippen molar-refractivity contribution in [3.63, 3.8) is 0 Å². The molecule has 2 aliphatic rings. The van der Waals surface area contributed by atoms with E-state index in [4.69, 9.17) is 0 Å². The summed E-state index contributed by atoms with van der Waals surface area (Å²) in [4.78, 5) is 2.36. The second-order valence-corrected chi connectivity index (χ2v) is 11.1.